The number of nitrogens with two attached hydrogens (primary N) is 2. The van der Waals surface area contributed by atoms with Gasteiger partial charge in [0, 0.05) is 6.42 Å². The lowest BCUT2D eigenvalue weighted by Crippen LogP contribution is -2.61. The van der Waals surface area contributed by atoms with E-state index in [2.05, 4.69) is 0 Å². The van der Waals surface area contributed by atoms with Crippen LogP contribution in [0.5, 0.6) is 0 Å². The predicted octanol–water partition coefficient (Wildman–Crippen LogP) is -0.0506. The first kappa shape index (κ1) is 17.1. The fourth-order valence-electron chi connectivity index (χ4n) is 2.60. The van der Waals surface area contributed by atoms with Crippen LogP contribution < -0.4 is 11.5 Å². The third-order valence-corrected chi connectivity index (χ3v) is 7.24. The average molecular weight is 348 g/mol. The summed E-state index contributed by atoms with van der Waals surface area (Å²) in [6.45, 7) is 0. The Morgan fingerprint density at radius 2 is 1.45 bits per heavy atom. The Balaban J connectivity index is 2.87. The minimum absolute atomic E-state index is 0.0238. The van der Waals surface area contributed by atoms with E-state index in [1.54, 1.807) is 18.2 Å². The van der Waals surface area contributed by atoms with Crippen molar-refractivity contribution in [1.82, 2.24) is 0 Å². The van der Waals surface area contributed by atoms with Crippen molar-refractivity contribution in [1.29, 1.82) is 0 Å². The summed E-state index contributed by atoms with van der Waals surface area (Å²) in [6.07, 6.45) is 0.308. The minimum Gasteiger partial charge on any atom is -0.313 e. The van der Waals surface area contributed by atoms with Crippen LogP contribution in [0.2, 0.25) is 0 Å². The lowest BCUT2D eigenvalue weighted by molar-refractivity contribution is 0.357. The van der Waals surface area contributed by atoms with Crippen molar-refractivity contribution < 1.29 is 25.9 Å². The lowest BCUT2D eigenvalue weighted by atomic mass is 9.86. The maximum Gasteiger partial charge on any atom is 0.292 e. The molecular weight excluding hydrogens is 332 g/mol. The highest BCUT2D eigenvalue weighted by Gasteiger charge is 2.61. The standard InChI is InChI=1S/C12H16N2O6S2/c13-11(14)7-6-10(9-4-2-1-3-5-9)12(8-11,21(15,16)17)22(18,19)20/h1-6H,7-8,13-14H2,(H,15,16,17)(H,18,19,20). The van der Waals surface area contributed by atoms with Crippen LogP contribution in [0.4, 0.5) is 0 Å². The zero-order valence-electron chi connectivity index (χ0n) is 11.4. The molecule has 0 radical (unpaired) electrons. The molecule has 0 bridgehead atoms. The molecule has 0 saturated carbocycles. The molecule has 2 rings (SSSR count). The van der Waals surface area contributed by atoms with Crippen LogP contribution >= 0.6 is 0 Å². The highest BCUT2D eigenvalue weighted by molar-refractivity contribution is 8.06. The second-order valence-corrected chi connectivity index (χ2v) is 8.85. The Morgan fingerprint density at radius 1 is 0.955 bits per heavy atom. The van der Waals surface area contributed by atoms with Gasteiger partial charge in [0.2, 0.25) is 0 Å². The van der Waals surface area contributed by atoms with Crippen molar-refractivity contribution in [2.24, 2.45) is 11.5 Å². The molecule has 122 valence electrons. The largest absolute Gasteiger partial charge is 0.313 e. The molecule has 0 fully saturated rings. The molecule has 1 aromatic carbocycles. The average Bonchev–Trinajstić information content (AvgIpc) is 2.36. The molecule has 0 aromatic heterocycles. The van der Waals surface area contributed by atoms with Crippen molar-refractivity contribution in [3.63, 3.8) is 0 Å². The van der Waals surface area contributed by atoms with Gasteiger partial charge in [-0.3, -0.25) is 9.11 Å². The van der Waals surface area contributed by atoms with E-state index < -0.39 is 36.4 Å². The smallest absolute Gasteiger partial charge is 0.292 e. The van der Waals surface area contributed by atoms with Gasteiger partial charge in [0.05, 0.1) is 5.66 Å². The first-order chi connectivity index (χ1) is 9.91. The van der Waals surface area contributed by atoms with E-state index in [9.17, 15) is 25.9 Å². The van der Waals surface area contributed by atoms with Gasteiger partial charge in [-0.25, -0.2) is 0 Å². The van der Waals surface area contributed by atoms with Crippen molar-refractivity contribution in [2.75, 3.05) is 0 Å². The molecule has 0 heterocycles. The van der Waals surface area contributed by atoms with Crippen molar-refractivity contribution in [3.05, 3.63) is 42.0 Å². The summed E-state index contributed by atoms with van der Waals surface area (Å²) in [5.74, 6) is 0. The summed E-state index contributed by atoms with van der Waals surface area (Å²) in [7, 11) is -10.6. The zero-order valence-corrected chi connectivity index (χ0v) is 13.0. The number of hydrogen-bond donors (Lipinski definition) is 4. The molecule has 0 amide bonds. The second-order valence-electron chi connectivity index (χ2n) is 5.30. The summed E-state index contributed by atoms with van der Waals surface area (Å²) in [5, 5.41) is 0. The van der Waals surface area contributed by atoms with E-state index in [-0.39, 0.29) is 17.6 Å². The summed E-state index contributed by atoms with van der Waals surface area (Å²) in [6, 6.07) is 7.67. The maximum absolute atomic E-state index is 11.9. The lowest BCUT2D eigenvalue weighted by Gasteiger charge is -2.40. The fraction of sp³-hybridized carbons (Fsp3) is 0.333. The van der Waals surface area contributed by atoms with Gasteiger partial charge in [-0.15, -0.1) is 0 Å². The van der Waals surface area contributed by atoms with Crippen molar-refractivity contribution >= 4 is 25.8 Å². The summed E-state index contributed by atoms with van der Waals surface area (Å²) in [5.41, 5.74) is 9.56. The van der Waals surface area contributed by atoms with E-state index in [1.165, 1.54) is 18.2 Å². The van der Waals surface area contributed by atoms with Gasteiger partial charge >= 0.3 is 0 Å². The molecule has 0 spiro atoms. The SMILES string of the molecule is NC1(N)CC=C(c2ccccc2)C(S(=O)(=O)O)(S(=O)(=O)O)C1. The summed E-state index contributed by atoms with van der Waals surface area (Å²) < 4.78 is 63.7. The van der Waals surface area contributed by atoms with Gasteiger partial charge in [0.25, 0.3) is 24.3 Å². The van der Waals surface area contributed by atoms with E-state index >= 15 is 0 Å². The molecule has 6 N–H and O–H groups in total. The third-order valence-electron chi connectivity index (χ3n) is 3.58. The third kappa shape index (κ3) is 2.69. The topological polar surface area (TPSA) is 161 Å². The van der Waals surface area contributed by atoms with Gasteiger partial charge in [-0.1, -0.05) is 36.4 Å². The second kappa shape index (κ2) is 5.11. The Morgan fingerprint density at radius 3 is 1.91 bits per heavy atom. The van der Waals surface area contributed by atoms with Crippen LogP contribution in [0.25, 0.3) is 5.57 Å². The first-order valence-electron chi connectivity index (χ1n) is 6.19. The van der Waals surface area contributed by atoms with Gasteiger partial charge in [-0.2, -0.15) is 16.8 Å². The maximum atomic E-state index is 11.9. The highest BCUT2D eigenvalue weighted by atomic mass is 32.3. The van der Waals surface area contributed by atoms with Crippen molar-refractivity contribution in [3.8, 4) is 0 Å². The predicted molar refractivity (Wildman–Crippen MR) is 80.6 cm³/mol. The number of rotatable bonds is 3. The molecule has 0 saturated heterocycles. The van der Waals surface area contributed by atoms with E-state index in [1.807, 2.05) is 0 Å². The van der Waals surface area contributed by atoms with Crippen LogP contribution in [-0.2, 0) is 20.2 Å². The monoisotopic (exact) mass is 348 g/mol. The molecule has 1 aliphatic carbocycles. The Kier molecular flexibility index (Phi) is 3.97. The van der Waals surface area contributed by atoms with Crippen LogP contribution in [-0.4, -0.2) is 35.7 Å². The van der Waals surface area contributed by atoms with Gasteiger partial charge in [0.1, 0.15) is 0 Å². The van der Waals surface area contributed by atoms with Gasteiger partial charge < -0.3 is 11.5 Å². The molecule has 0 aliphatic heterocycles. The fourth-order valence-corrected chi connectivity index (χ4v) is 5.52. The minimum atomic E-state index is -5.28. The van der Waals surface area contributed by atoms with Crippen LogP contribution in [0.1, 0.15) is 18.4 Å². The van der Waals surface area contributed by atoms with E-state index in [0.717, 1.165) is 0 Å². The molecule has 1 aromatic rings. The molecule has 0 atom stereocenters. The Bertz CT molecular complexity index is 780. The van der Waals surface area contributed by atoms with Gasteiger partial charge in [-0.05, 0) is 17.6 Å². The zero-order chi connectivity index (χ0) is 16.8. The van der Waals surface area contributed by atoms with Crippen LogP contribution in [0.15, 0.2) is 36.4 Å². The van der Waals surface area contributed by atoms with E-state index in [0.29, 0.717) is 0 Å². The Labute approximate surface area is 128 Å². The van der Waals surface area contributed by atoms with Gasteiger partial charge in [0.15, 0.2) is 0 Å². The molecule has 10 heteroatoms. The quantitative estimate of drug-likeness (QED) is 0.436. The summed E-state index contributed by atoms with van der Waals surface area (Å²) in [4.78, 5) is 0. The normalized spacial score (nSPS) is 21.2. The highest BCUT2D eigenvalue weighted by Crippen LogP contribution is 2.46. The molecular formula is C12H16N2O6S2. The van der Waals surface area contributed by atoms with E-state index in [4.69, 9.17) is 11.5 Å². The van der Waals surface area contributed by atoms with Crippen LogP contribution in [0, 0.1) is 0 Å². The van der Waals surface area contributed by atoms with Crippen molar-refractivity contribution in [2.45, 2.75) is 22.6 Å². The first-order valence-corrected chi connectivity index (χ1v) is 9.07. The van der Waals surface area contributed by atoms with Crippen LogP contribution in [0.3, 0.4) is 0 Å². The number of benzene rings is 1. The summed E-state index contributed by atoms with van der Waals surface area (Å²) >= 11 is 0. The Hall–Kier alpha value is -1.30. The molecule has 22 heavy (non-hydrogen) atoms. The molecule has 8 nitrogen and oxygen atoms in total. The molecule has 0 unspecified atom stereocenters. The number of hydrogen-bond acceptors (Lipinski definition) is 6. The molecule has 1 aliphatic rings.